The van der Waals surface area contributed by atoms with Crippen LogP contribution in [-0.2, 0) is 16.6 Å². The molecule has 1 unspecified atom stereocenters. The van der Waals surface area contributed by atoms with Crippen LogP contribution in [0.25, 0.3) is 0 Å². The number of likely N-dealkylation sites (tertiary alicyclic amines) is 1. The molecule has 7 heteroatoms. The Morgan fingerprint density at radius 1 is 1.45 bits per heavy atom. The van der Waals surface area contributed by atoms with E-state index >= 15 is 0 Å². The fourth-order valence-corrected chi connectivity index (χ4v) is 4.12. The Bertz CT molecular complexity index is 565. The van der Waals surface area contributed by atoms with Gasteiger partial charge < -0.3 is 4.42 Å². The number of hydrogen-bond acceptors (Lipinski definition) is 5. The van der Waals surface area contributed by atoms with Crippen LogP contribution in [-0.4, -0.2) is 43.2 Å². The van der Waals surface area contributed by atoms with Gasteiger partial charge in [0.25, 0.3) is 0 Å². The van der Waals surface area contributed by atoms with Gasteiger partial charge in [0.15, 0.2) is 0 Å². The van der Waals surface area contributed by atoms with Crippen LogP contribution in [0, 0.1) is 0 Å². The van der Waals surface area contributed by atoms with Gasteiger partial charge >= 0.3 is 0 Å². The molecule has 112 valence electrons. The lowest BCUT2D eigenvalue weighted by atomic mass is 10.3. The molecule has 1 aliphatic heterocycles. The van der Waals surface area contributed by atoms with Crippen molar-refractivity contribution in [2.75, 3.05) is 19.6 Å². The van der Waals surface area contributed by atoms with Crippen molar-refractivity contribution in [1.29, 1.82) is 0 Å². The van der Waals surface area contributed by atoms with Crippen LogP contribution >= 0.6 is 0 Å². The zero-order chi connectivity index (χ0) is 14.2. The summed E-state index contributed by atoms with van der Waals surface area (Å²) in [5.74, 6) is 2.25. The van der Waals surface area contributed by atoms with Crippen molar-refractivity contribution in [2.24, 2.45) is 0 Å². The van der Waals surface area contributed by atoms with E-state index in [1.54, 1.807) is 6.92 Å². The summed E-state index contributed by atoms with van der Waals surface area (Å²) in [5.41, 5.74) is 0. The molecule has 1 aromatic rings. The van der Waals surface area contributed by atoms with Crippen molar-refractivity contribution in [3.63, 3.8) is 0 Å². The zero-order valence-corrected chi connectivity index (χ0v) is 12.5. The third-order valence-electron chi connectivity index (χ3n) is 3.92. The van der Waals surface area contributed by atoms with E-state index in [0.29, 0.717) is 37.9 Å². The van der Waals surface area contributed by atoms with Crippen LogP contribution in [0.3, 0.4) is 0 Å². The van der Waals surface area contributed by atoms with Gasteiger partial charge in [-0.1, -0.05) is 6.92 Å². The largest absolute Gasteiger partial charge is 0.444 e. The lowest BCUT2D eigenvalue weighted by Crippen LogP contribution is -2.36. The van der Waals surface area contributed by atoms with E-state index in [4.69, 9.17) is 4.42 Å². The molecular formula is C13H21N3O3S. The van der Waals surface area contributed by atoms with Gasteiger partial charge in [0.2, 0.25) is 15.9 Å². The molecular weight excluding hydrogens is 278 g/mol. The number of nitrogens with zero attached hydrogens (tertiary/aromatic N) is 2. The van der Waals surface area contributed by atoms with Gasteiger partial charge in [0, 0.05) is 25.6 Å². The highest BCUT2D eigenvalue weighted by molar-refractivity contribution is 7.90. The molecule has 0 spiro atoms. The highest BCUT2D eigenvalue weighted by Gasteiger charge is 2.33. The average Bonchev–Trinajstić information content (AvgIpc) is 2.96. The minimum absolute atomic E-state index is 0.319. The van der Waals surface area contributed by atoms with E-state index in [9.17, 15) is 8.42 Å². The predicted octanol–water partition coefficient (Wildman–Crippen LogP) is 1.07. The quantitative estimate of drug-likeness (QED) is 0.850. The third-order valence-corrected chi connectivity index (χ3v) is 5.88. The Balaban J connectivity index is 1.56. The lowest BCUT2D eigenvalue weighted by molar-refractivity contribution is 0.286. The summed E-state index contributed by atoms with van der Waals surface area (Å²) in [5, 5.41) is -0.319. The topological polar surface area (TPSA) is 75.4 Å². The van der Waals surface area contributed by atoms with Crippen LogP contribution in [0.5, 0.6) is 0 Å². The predicted molar refractivity (Wildman–Crippen MR) is 74.8 cm³/mol. The van der Waals surface area contributed by atoms with Gasteiger partial charge in [-0.25, -0.2) is 18.1 Å². The molecule has 1 aliphatic carbocycles. The van der Waals surface area contributed by atoms with Crippen LogP contribution in [0.15, 0.2) is 10.6 Å². The summed E-state index contributed by atoms with van der Waals surface area (Å²) in [6, 6.07) is 0. The second-order valence-corrected chi connectivity index (χ2v) is 7.66. The highest BCUT2D eigenvalue weighted by atomic mass is 32.2. The van der Waals surface area contributed by atoms with Crippen LogP contribution in [0.1, 0.15) is 43.8 Å². The maximum Gasteiger partial charge on any atom is 0.215 e. The molecule has 1 saturated heterocycles. The molecule has 2 heterocycles. The van der Waals surface area contributed by atoms with Gasteiger partial charge in [-0.05, 0) is 19.3 Å². The van der Waals surface area contributed by atoms with Crippen molar-refractivity contribution in [2.45, 2.75) is 43.9 Å². The number of rotatable bonds is 6. The Labute approximate surface area is 119 Å². The Hall–Kier alpha value is -0.920. The molecule has 1 atom stereocenters. The van der Waals surface area contributed by atoms with Gasteiger partial charge in [-0.15, -0.1) is 0 Å². The smallest absolute Gasteiger partial charge is 0.215 e. The second-order valence-electron chi connectivity index (χ2n) is 5.62. The van der Waals surface area contributed by atoms with Crippen LogP contribution in [0.4, 0.5) is 0 Å². The molecule has 0 aromatic carbocycles. The first-order valence-corrected chi connectivity index (χ1v) is 8.78. The van der Waals surface area contributed by atoms with E-state index < -0.39 is 10.0 Å². The summed E-state index contributed by atoms with van der Waals surface area (Å²) in [7, 11) is -3.18. The first-order chi connectivity index (χ1) is 9.58. The van der Waals surface area contributed by atoms with E-state index in [1.165, 1.54) is 12.8 Å². The number of oxazole rings is 1. The third kappa shape index (κ3) is 3.05. The summed E-state index contributed by atoms with van der Waals surface area (Å²) in [6.45, 7) is 4.18. The fraction of sp³-hybridized carbons (Fsp3) is 0.769. The summed E-state index contributed by atoms with van der Waals surface area (Å²) in [6.07, 6.45) is 4.88. The molecule has 6 nitrogen and oxygen atoms in total. The monoisotopic (exact) mass is 299 g/mol. The highest BCUT2D eigenvalue weighted by Crippen LogP contribution is 2.40. The zero-order valence-electron chi connectivity index (χ0n) is 11.7. The Morgan fingerprint density at radius 2 is 2.25 bits per heavy atom. The fourth-order valence-electron chi connectivity index (χ4n) is 2.66. The maximum atomic E-state index is 12.0. The lowest BCUT2D eigenvalue weighted by Gasteiger charge is -2.14. The van der Waals surface area contributed by atoms with Crippen molar-refractivity contribution in [3.05, 3.63) is 17.8 Å². The molecule has 0 bridgehead atoms. The second kappa shape index (κ2) is 5.46. The number of aromatic nitrogens is 1. The van der Waals surface area contributed by atoms with E-state index in [0.717, 1.165) is 12.3 Å². The molecule has 1 saturated carbocycles. The molecule has 20 heavy (non-hydrogen) atoms. The van der Waals surface area contributed by atoms with Crippen molar-refractivity contribution >= 4 is 10.0 Å². The van der Waals surface area contributed by atoms with Crippen molar-refractivity contribution in [3.8, 4) is 0 Å². The van der Waals surface area contributed by atoms with Crippen molar-refractivity contribution < 1.29 is 12.8 Å². The number of hydrogen-bond donors (Lipinski definition) is 1. The summed E-state index contributed by atoms with van der Waals surface area (Å²) >= 11 is 0. The first-order valence-electron chi connectivity index (χ1n) is 7.24. The Kier molecular flexibility index (Phi) is 3.83. The molecule has 0 radical (unpaired) electrons. The minimum Gasteiger partial charge on any atom is -0.444 e. The molecule has 0 amide bonds. The van der Waals surface area contributed by atoms with Crippen LogP contribution in [0.2, 0.25) is 0 Å². The average molecular weight is 299 g/mol. The normalized spacial score (nSPS) is 24.4. The summed E-state index contributed by atoms with van der Waals surface area (Å²) in [4.78, 5) is 6.39. The van der Waals surface area contributed by atoms with Gasteiger partial charge in [-0.2, -0.15) is 0 Å². The van der Waals surface area contributed by atoms with Gasteiger partial charge in [-0.3, -0.25) is 4.90 Å². The van der Waals surface area contributed by atoms with Crippen LogP contribution < -0.4 is 4.72 Å². The summed E-state index contributed by atoms with van der Waals surface area (Å²) < 4.78 is 32.2. The maximum absolute atomic E-state index is 12.0. The molecule has 2 fully saturated rings. The van der Waals surface area contributed by atoms with E-state index in [1.807, 2.05) is 6.20 Å². The Morgan fingerprint density at radius 3 is 2.95 bits per heavy atom. The van der Waals surface area contributed by atoms with E-state index in [2.05, 4.69) is 14.6 Å². The van der Waals surface area contributed by atoms with Gasteiger partial charge in [0.05, 0.1) is 18.0 Å². The molecule has 1 aromatic heterocycles. The van der Waals surface area contributed by atoms with E-state index in [-0.39, 0.29) is 5.25 Å². The van der Waals surface area contributed by atoms with Crippen molar-refractivity contribution in [1.82, 2.24) is 14.6 Å². The molecule has 3 rings (SSSR count). The molecule has 1 N–H and O–H groups in total. The van der Waals surface area contributed by atoms with Gasteiger partial charge in [0.1, 0.15) is 5.76 Å². The SMILES string of the molecule is CCNS(=O)(=O)C1CCN(Cc2ncc(C3CC3)o2)C1. The molecule has 2 aliphatic rings. The first kappa shape index (κ1) is 14.0. The standard InChI is InChI=1S/C13H21N3O3S/c1-2-15-20(17,18)11-5-6-16(8-11)9-13-14-7-12(19-13)10-3-4-10/h7,10-11,15H,2-6,8-9H2,1H3. The number of sulfonamides is 1. The number of nitrogens with one attached hydrogen (secondary N) is 1. The minimum atomic E-state index is -3.18.